The molecular weight excluding hydrogens is 200 g/mol. The van der Waals surface area contributed by atoms with E-state index in [0.717, 1.165) is 31.9 Å². The van der Waals surface area contributed by atoms with Gasteiger partial charge in [-0.05, 0) is 43.5 Å². The van der Waals surface area contributed by atoms with Crippen LogP contribution in [-0.2, 0) is 6.54 Å². The molecule has 1 aliphatic rings. The van der Waals surface area contributed by atoms with Crippen LogP contribution in [-0.4, -0.2) is 24.5 Å². The zero-order valence-corrected chi connectivity index (χ0v) is 10.1. The third-order valence-electron chi connectivity index (χ3n) is 3.81. The summed E-state index contributed by atoms with van der Waals surface area (Å²) in [6, 6.07) is 3.99. The second-order valence-corrected chi connectivity index (χ2v) is 4.94. The third-order valence-corrected chi connectivity index (χ3v) is 3.81. The minimum absolute atomic E-state index is 0.391. The van der Waals surface area contributed by atoms with Gasteiger partial charge in [0, 0.05) is 6.54 Å². The van der Waals surface area contributed by atoms with Gasteiger partial charge >= 0.3 is 0 Å². The van der Waals surface area contributed by atoms with Gasteiger partial charge in [-0.25, -0.2) is 0 Å². The average molecular weight is 222 g/mol. The molecule has 3 nitrogen and oxygen atoms in total. The maximum Gasteiger partial charge on any atom is 0.117 e. The van der Waals surface area contributed by atoms with Crippen LogP contribution >= 0.6 is 0 Å². The topological polar surface area (TPSA) is 42.4 Å². The molecule has 3 heteroatoms. The molecule has 0 amide bonds. The molecule has 1 heterocycles. The highest BCUT2D eigenvalue weighted by Gasteiger charge is 2.36. The zero-order valence-electron chi connectivity index (χ0n) is 10.1. The van der Waals surface area contributed by atoms with Crippen molar-refractivity contribution in [2.45, 2.75) is 32.7 Å². The summed E-state index contributed by atoms with van der Waals surface area (Å²) in [6.45, 7) is 6.10. The van der Waals surface area contributed by atoms with Crippen molar-refractivity contribution in [3.63, 3.8) is 0 Å². The quantitative estimate of drug-likeness (QED) is 0.802. The van der Waals surface area contributed by atoms with E-state index in [1.165, 1.54) is 19.3 Å². The Bertz CT molecular complexity index is 298. The van der Waals surface area contributed by atoms with Crippen LogP contribution in [0.2, 0.25) is 0 Å². The van der Waals surface area contributed by atoms with E-state index in [2.05, 4.69) is 11.8 Å². The lowest BCUT2D eigenvalue weighted by molar-refractivity contribution is 0.0703. The molecule has 0 saturated heterocycles. The van der Waals surface area contributed by atoms with Gasteiger partial charge in [0.1, 0.15) is 5.76 Å². The molecule has 0 unspecified atom stereocenters. The standard InChI is InChI=1S/C13H22N2O/c1-2-15(9-12-5-3-8-16-12)11-13(10-14)6-4-7-13/h3,5,8H,2,4,6-7,9-11,14H2,1H3. The molecule has 16 heavy (non-hydrogen) atoms. The first kappa shape index (κ1) is 11.7. The fourth-order valence-corrected chi connectivity index (χ4v) is 2.48. The minimum Gasteiger partial charge on any atom is -0.468 e. The highest BCUT2D eigenvalue weighted by molar-refractivity contribution is 4.99. The number of nitrogens with zero attached hydrogens (tertiary/aromatic N) is 1. The first-order valence-corrected chi connectivity index (χ1v) is 6.23. The molecule has 1 aliphatic carbocycles. The second-order valence-electron chi connectivity index (χ2n) is 4.94. The Morgan fingerprint density at radius 2 is 2.31 bits per heavy atom. The van der Waals surface area contributed by atoms with Gasteiger partial charge in [-0.15, -0.1) is 0 Å². The highest BCUT2D eigenvalue weighted by Crippen LogP contribution is 2.40. The number of hydrogen-bond acceptors (Lipinski definition) is 3. The summed E-state index contributed by atoms with van der Waals surface area (Å²) in [5.41, 5.74) is 6.29. The van der Waals surface area contributed by atoms with E-state index in [-0.39, 0.29) is 0 Å². The van der Waals surface area contributed by atoms with E-state index in [0.29, 0.717) is 5.41 Å². The van der Waals surface area contributed by atoms with E-state index in [1.807, 2.05) is 12.1 Å². The molecule has 1 aromatic rings. The summed E-state index contributed by atoms with van der Waals surface area (Å²) in [4.78, 5) is 2.44. The van der Waals surface area contributed by atoms with Crippen LogP contribution < -0.4 is 5.73 Å². The number of rotatable bonds is 6. The van der Waals surface area contributed by atoms with E-state index < -0.39 is 0 Å². The van der Waals surface area contributed by atoms with Crippen LogP contribution in [0.1, 0.15) is 31.9 Å². The zero-order chi connectivity index (χ0) is 11.4. The van der Waals surface area contributed by atoms with E-state index in [4.69, 9.17) is 10.2 Å². The summed E-state index contributed by atoms with van der Waals surface area (Å²) in [5, 5.41) is 0. The van der Waals surface area contributed by atoms with Gasteiger partial charge < -0.3 is 10.2 Å². The summed E-state index contributed by atoms with van der Waals surface area (Å²) in [6.07, 6.45) is 5.66. The van der Waals surface area contributed by atoms with Crippen LogP contribution in [0.25, 0.3) is 0 Å². The monoisotopic (exact) mass is 222 g/mol. The average Bonchev–Trinajstić information content (AvgIpc) is 2.74. The van der Waals surface area contributed by atoms with Crippen LogP contribution in [0.3, 0.4) is 0 Å². The molecule has 90 valence electrons. The maximum absolute atomic E-state index is 5.90. The van der Waals surface area contributed by atoms with Gasteiger partial charge in [-0.1, -0.05) is 13.3 Å². The molecule has 0 bridgehead atoms. The van der Waals surface area contributed by atoms with Crippen molar-refractivity contribution in [3.8, 4) is 0 Å². The largest absolute Gasteiger partial charge is 0.468 e. The summed E-state index contributed by atoms with van der Waals surface area (Å²) >= 11 is 0. The van der Waals surface area contributed by atoms with E-state index in [1.54, 1.807) is 6.26 Å². The van der Waals surface area contributed by atoms with Crippen molar-refractivity contribution in [2.75, 3.05) is 19.6 Å². The molecule has 1 fully saturated rings. The fraction of sp³-hybridized carbons (Fsp3) is 0.692. The minimum atomic E-state index is 0.391. The summed E-state index contributed by atoms with van der Waals surface area (Å²) < 4.78 is 5.39. The normalized spacial score (nSPS) is 18.7. The van der Waals surface area contributed by atoms with Gasteiger partial charge in [0.15, 0.2) is 0 Å². The first-order valence-electron chi connectivity index (χ1n) is 6.23. The molecule has 0 spiro atoms. The molecular formula is C13H22N2O. The second kappa shape index (κ2) is 5.02. The number of nitrogens with two attached hydrogens (primary N) is 1. The fourth-order valence-electron chi connectivity index (χ4n) is 2.48. The SMILES string of the molecule is CCN(Cc1ccco1)CC1(CN)CCC1. The van der Waals surface area contributed by atoms with E-state index >= 15 is 0 Å². The Labute approximate surface area is 97.6 Å². The predicted octanol–water partition coefficient (Wildman–Crippen LogP) is 2.23. The van der Waals surface area contributed by atoms with E-state index in [9.17, 15) is 0 Å². The smallest absolute Gasteiger partial charge is 0.117 e. The molecule has 2 N–H and O–H groups in total. The van der Waals surface area contributed by atoms with Crippen molar-refractivity contribution < 1.29 is 4.42 Å². The lowest BCUT2D eigenvalue weighted by Gasteiger charge is -2.44. The number of hydrogen-bond donors (Lipinski definition) is 1. The molecule has 2 rings (SSSR count). The van der Waals surface area contributed by atoms with Crippen LogP contribution in [0.5, 0.6) is 0 Å². The Balaban J connectivity index is 1.90. The lowest BCUT2D eigenvalue weighted by atomic mass is 9.68. The third kappa shape index (κ3) is 2.47. The van der Waals surface area contributed by atoms with Crippen LogP contribution in [0.4, 0.5) is 0 Å². The van der Waals surface area contributed by atoms with Crippen molar-refractivity contribution in [1.29, 1.82) is 0 Å². The van der Waals surface area contributed by atoms with Gasteiger partial charge in [0.25, 0.3) is 0 Å². The van der Waals surface area contributed by atoms with Gasteiger partial charge in [-0.3, -0.25) is 4.90 Å². The van der Waals surface area contributed by atoms with Crippen molar-refractivity contribution in [3.05, 3.63) is 24.2 Å². The van der Waals surface area contributed by atoms with Gasteiger partial charge in [0.2, 0.25) is 0 Å². The predicted molar refractivity (Wildman–Crippen MR) is 65.0 cm³/mol. The lowest BCUT2D eigenvalue weighted by Crippen LogP contribution is -2.46. The van der Waals surface area contributed by atoms with Crippen molar-refractivity contribution in [1.82, 2.24) is 4.90 Å². The number of furan rings is 1. The molecule has 1 saturated carbocycles. The molecule has 0 aromatic carbocycles. The Kier molecular flexibility index (Phi) is 3.66. The summed E-state index contributed by atoms with van der Waals surface area (Å²) in [7, 11) is 0. The van der Waals surface area contributed by atoms with Crippen LogP contribution in [0, 0.1) is 5.41 Å². The molecule has 0 radical (unpaired) electrons. The molecule has 0 atom stereocenters. The van der Waals surface area contributed by atoms with Crippen molar-refractivity contribution in [2.24, 2.45) is 11.1 Å². The van der Waals surface area contributed by atoms with Gasteiger partial charge in [0.05, 0.1) is 12.8 Å². The van der Waals surface area contributed by atoms with Crippen molar-refractivity contribution >= 4 is 0 Å². The Hall–Kier alpha value is -0.800. The van der Waals surface area contributed by atoms with Crippen LogP contribution in [0.15, 0.2) is 22.8 Å². The summed E-state index contributed by atoms with van der Waals surface area (Å²) in [5.74, 6) is 1.05. The Morgan fingerprint density at radius 1 is 1.50 bits per heavy atom. The Morgan fingerprint density at radius 3 is 2.75 bits per heavy atom. The highest BCUT2D eigenvalue weighted by atomic mass is 16.3. The maximum atomic E-state index is 5.90. The first-order chi connectivity index (χ1) is 7.78. The van der Waals surface area contributed by atoms with Gasteiger partial charge in [-0.2, -0.15) is 0 Å². The molecule has 0 aliphatic heterocycles. The molecule has 1 aromatic heterocycles.